The van der Waals surface area contributed by atoms with Crippen LogP contribution in [0, 0.1) is 5.82 Å². The largest absolute Gasteiger partial charge is 0.387 e. The average molecular weight is 360 g/mol. The van der Waals surface area contributed by atoms with E-state index in [0.29, 0.717) is 30.9 Å². The number of carbonyl (C=O) groups is 1. The predicted molar refractivity (Wildman–Crippen MR) is 95.6 cm³/mol. The summed E-state index contributed by atoms with van der Waals surface area (Å²) in [5.41, 5.74) is 2.15. The van der Waals surface area contributed by atoms with Crippen molar-refractivity contribution in [2.75, 3.05) is 20.1 Å². The quantitative estimate of drug-likeness (QED) is 0.885. The van der Waals surface area contributed by atoms with Crippen LogP contribution < -0.4 is 0 Å². The number of halogens is 1. The van der Waals surface area contributed by atoms with Gasteiger partial charge in [0.15, 0.2) is 0 Å². The highest BCUT2D eigenvalue weighted by molar-refractivity contribution is 5.78. The minimum atomic E-state index is -0.620. The molecule has 1 N–H and O–H groups in total. The van der Waals surface area contributed by atoms with Crippen molar-refractivity contribution in [1.82, 2.24) is 19.6 Å². The predicted octanol–water partition coefficient (Wildman–Crippen LogP) is 1.94. The molecule has 1 aliphatic rings. The zero-order valence-electron chi connectivity index (χ0n) is 15.2. The third-order valence-corrected chi connectivity index (χ3v) is 4.62. The van der Waals surface area contributed by atoms with E-state index in [1.807, 2.05) is 27.6 Å². The summed E-state index contributed by atoms with van der Waals surface area (Å²) in [6.07, 6.45) is 0.196. The molecule has 0 bridgehead atoms. The number of aromatic nitrogens is 2. The fourth-order valence-electron chi connectivity index (χ4n) is 3.21. The van der Waals surface area contributed by atoms with Gasteiger partial charge in [-0.3, -0.25) is 14.4 Å². The molecule has 26 heavy (non-hydrogen) atoms. The van der Waals surface area contributed by atoms with E-state index >= 15 is 0 Å². The molecule has 0 spiro atoms. The number of hydrogen-bond donors (Lipinski definition) is 1. The second kappa shape index (κ2) is 7.97. The first-order valence-electron chi connectivity index (χ1n) is 8.88. The molecule has 2 heterocycles. The molecule has 1 amide bonds. The number of rotatable bonds is 5. The van der Waals surface area contributed by atoms with Crippen LogP contribution in [-0.4, -0.2) is 50.7 Å². The lowest BCUT2D eigenvalue weighted by atomic mass is 10.2. The van der Waals surface area contributed by atoms with E-state index in [2.05, 4.69) is 5.10 Å². The molecule has 0 saturated carbocycles. The Morgan fingerprint density at radius 1 is 1.38 bits per heavy atom. The van der Waals surface area contributed by atoms with Crippen LogP contribution in [0.3, 0.4) is 0 Å². The molecule has 7 heteroatoms. The smallest absolute Gasteiger partial charge is 0.237 e. The Morgan fingerprint density at radius 3 is 2.88 bits per heavy atom. The van der Waals surface area contributed by atoms with Crippen molar-refractivity contribution in [2.45, 2.75) is 39.1 Å². The molecule has 6 nitrogen and oxygen atoms in total. The summed E-state index contributed by atoms with van der Waals surface area (Å²) in [6, 6.07) is 8.48. The van der Waals surface area contributed by atoms with Crippen LogP contribution in [0.15, 0.2) is 30.3 Å². The first-order valence-corrected chi connectivity index (χ1v) is 8.88. The average Bonchev–Trinajstić information content (AvgIpc) is 2.89. The molecule has 1 atom stereocenters. The molecule has 0 radical (unpaired) electrons. The van der Waals surface area contributed by atoms with E-state index in [1.54, 1.807) is 25.1 Å². The molecule has 0 fully saturated rings. The van der Waals surface area contributed by atoms with Gasteiger partial charge in [-0.15, -0.1) is 0 Å². The van der Waals surface area contributed by atoms with Crippen LogP contribution in [0.2, 0.25) is 0 Å². The summed E-state index contributed by atoms with van der Waals surface area (Å²) in [7, 11) is 1.82. The van der Waals surface area contributed by atoms with Crippen LogP contribution in [0.1, 0.15) is 36.4 Å². The number of benzene rings is 1. The second-order valence-electron chi connectivity index (χ2n) is 6.89. The monoisotopic (exact) mass is 360 g/mol. The van der Waals surface area contributed by atoms with Gasteiger partial charge >= 0.3 is 0 Å². The number of nitrogens with zero attached hydrogens (tertiary/aromatic N) is 4. The zero-order chi connectivity index (χ0) is 18.7. The van der Waals surface area contributed by atoms with Crippen molar-refractivity contribution >= 4 is 5.91 Å². The molecule has 0 unspecified atom stereocenters. The third kappa shape index (κ3) is 4.28. The van der Waals surface area contributed by atoms with E-state index in [0.717, 1.165) is 18.7 Å². The SMILES string of the molecule is C[C@H](O)c1cc2n(n1)CCCN(C(=O)CN(C)Cc1ccccc1F)C2. The maximum Gasteiger partial charge on any atom is 0.237 e. The Bertz CT molecular complexity index is 775. The van der Waals surface area contributed by atoms with E-state index in [-0.39, 0.29) is 18.3 Å². The maximum absolute atomic E-state index is 13.8. The number of likely N-dealkylation sites (N-methyl/N-ethyl adjacent to an activating group) is 1. The second-order valence-corrected chi connectivity index (χ2v) is 6.89. The van der Waals surface area contributed by atoms with Crippen molar-refractivity contribution in [3.63, 3.8) is 0 Å². The minimum Gasteiger partial charge on any atom is -0.387 e. The van der Waals surface area contributed by atoms with E-state index in [9.17, 15) is 14.3 Å². The van der Waals surface area contributed by atoms with Gasteiger partial charge in [0.2, 0.25) is 5.91 Å². The fraction of sp³-hybridized carbons (Fsp3) is 0.474. The lowest BCUT2D eigenvalue weighted by molar-refractivity contribution is -0.132. The van der Waals surface area contributed by atoms with Gasteiger partial charge in [-0.1, -0.05) is 18.2 Å². The number of aryl methyl sites for hydroxylation is 1. The van der Waals surface area contributed by atoms with Crippen LogP contribution in [0.4, 0.5) is 4.39 Å². The van der Waals surface area contributed by atoms with Gasteiger partial charge in [0, 0.05) is 25.2 Å². The fourth-order valence-corrected chi connectivity index (χ4v) is 3.21. The molecule has 0 aliphatic carbocycles. The lowest BCUT2D eigenvalue weighted by Crippen LogP contribution is -2.38. The third-order valence-electron chi connectivity index (χ3n) is 4.62. The minimum absolute atomic E-state index is 0.0112. The molecule has 1 aromatic carbocycles. The molecular formula is C19H25FN4O2. The highest BCUT2D eigenvalue weighted by Gasteiger charge is 2.22. The van der Waals surface area contributed by atoms with Gasteiger partial charge < -0.3 is 10.0 Å². The molecular weight excluding hydrogens is 335 g/mol. The number of hydrogen-bond acceptors (Lipinski definition) is 4. The Labute approximate surface area is 152 Å². The summed E-state index contributed by atoms with van der Waals surface area (Å²) < 4.78 is 15.6. The standard InChI is InChI=1S/C19H25FN4O2/c1-14(25)18-10-16-12-23(8-5-9-24(16)21-18)19(26)13-22(2)11-15-6-3-4-7-17(15)20/h3-4,6-7,10,14,25H,5,8-9,11-13H2,1-2H3/t14-/m0/s1. The van der Waals surface area contributed by atoms with Crippen LogP contribution in [0.5, 0.6) is 0 Å². The molecule has 3 rings (SSSR count). The van der Waals surface area contributed by atoms with Crippen LogP contribution >= 0.6 is 0 Å². The molecule has 0 saturated heterocycles. The van der Waals surface area contributed by atoms with Gasteiger partial charge in [0.25, 0.3) is 0 Å². The summed E-state index contributed by atoms with van der Waals surface area (Å²) >= 11 is 0. The van der Waals surface area contributed by atoms with Gasteiger partial charge in [-0.25, -0.2) is 4.39 Å². The Kier molecular flexibility index (Phi) is 5.68. The Balaban J connectivity index is 1.62. The number of carbonyl (C=O) groups excluding carboxylic acids is 1. The topological polar surface area (TPSA) is 61.6 Å². The van der Waals surface area contributed by atoms with E-state index < -0.39 is 6.10 Å². The number of fused-ring (bicyclic) bond motifs is 1. The van der Waals surface area contributed by atoms with Crippen LogP contribution in [0.25, 0.3) is 0 Å². The molecule has 140 valence electrons. The van der Waals surface area contributed by atoms with Gasteiger partial charge in [0.1, 0.15) is 5.82 Å². The van der Waals surface area contributed by atoms with Crippen molar-refractivity contribution < 1.29 is 14.3 Å². The number of aliphatic hydroxyl groups excluding tert-OH is 1. The number of aliphatic hydroxyl groups is 1. The van der Waals surface area contributed by atoms with Crippen molar-refractivity contribution in [2.24, 2.45) is 0 Å². The van der Waals surface area contributed by atoms with Crippen molar-refractivity contribution in [3.05, 3.63) is 53.1 Å². The highest BCUT2D eigenvalue weighted by Crippen LogP contribution is 2.18. The van der Waals surface area contributed by atoms with Crippen molar-refractivity contribution in [1.29, 1.82) is 0 Å². The summed E-state index contributed by atoms with van der Waals surface area (Å²) in [6.45, 7) is 4.17. The summed E-state index contributed by atoms with van der Waals surface area (Å²) in [4.78, 5) is 16.3. The van der Waals surface area contributed by atoms with Gasteiger partial charge in [0.05, 0.1) is 30.6 Å². The van der Waals surface area contributed by atoms with Crippen molar-refractivity contribution in [3.8, 4) is 0 Å². The summed E-state index contributed by atoms with van der Waals surface area (Å²) in [5, 5.41) is 14.1. The normalized spacial score (nSPS) is 15.7. The number of amides is 1. The zero-order valence-corrected chi connectivity index (χ0v) is 15.2. The summed E-state index contributed by atoms with van der Waals surface area (Å²) in [5.74, 6) is -0.242. The molecule has 1 aliphatic heterocycles. The van der Waals surface area contributed by atoms with Gasteiger partial charge in [-0.2, -0.15) is 5.10 Å². The first-order chi connectivity index (χ1) is 12.4. The Morgan fingerprint density at radius 2 is 2.15 bits per heavy atom. The van der Waals surface area contributed by atoms with E-state index in [1.165, 1.54) is 6.07 Å². The highest BCUT2D eigenvalue weighted by atomic mass is 19.1. The Hall–Kier alpha value is -2.25. The van der Waals surface area contributed by atoms with Crippen LogP contribution in [-0.2, 0) is 24.4 Å². The lowest BCUT2D eigenvalue weighted by Gasteiger charge is -2.24. The van der Waals surface area contributed by atoms with E-state index in [4.69, 9.17) is 0 Å². The molecule has 2 aromatic rings. The molecule has 1 aromatic heterocycles. The first kappa shape index (κ1) is 18.5. The van der Waals surface area contributed by atoms with Gasteiger partial charge in [-0.05, 0) is 32.5 Å². The maximum atomic E-state index is 13.8.